The van der Waals surface area contributed by atoms with Crippen LogP contribution in [0, 0.1) is 0 Å². The van der Waals surface area contributed by atoms with E-state index in [1.807, 2.05) is 36.4 Å². The Hall–Kier alpha value is -1.61. The molecule has 0 N–H and O–H groups in total. The summed E-state index contributed by atoms with van der Waals surface area (Å²) in [7, 11) is -3.39. The highest BCUT2D eigenvalue weighted by atomic mass is 32.2. The fourth-order valence-corrected chi connectivity index (χ4v) is 3.44. The largest absolute Gasteiger partial charge is 0.223 e. The number of rotatable bonds is 3. The minimum atomic E-state index is -3.39. The van der Waals surface area contributed by atoms with Crippen molar-refractivity contribution in [3.05, 3.63) is 66.2 Å². The first-order chi connectivity index (χ1) is 8.46. The van der Waals surface area contributed by atoms with Crippen molar-refractivity contribution >= 4 is 9.84 Å². The van der Waals surface area contributed by atoms with E-state index < -0.39 is 14.6 Å². The van der Waals surface area contributed by atoms with Crippen molar-refractivity contribution < 1.29 is 8.42 Å². The van der Waals surface area contributed by atoms with Crippen LogP contribution >= 0.6 is 0 Å². The fraction of sp³-hybridized carbons (Fsp3) is 0.200. The van der Waals surface area contributed by atoms with Crippen LogP contribution in [0.4, 0.5) is 0 Å². The Labute approximate surface area is 108 Å². The Bertz CT molecular complexity index is 614. The van der Waals surface area contributed by atoms with E-state index in [0.717, 1.165) is 5.56 Å². The van der Waals surface area contributed by atoms with Gasteiger partial charge in [-0.1, -0.05) is 48.5 Å². The van der Waals surface area contributed by atoms with Crippen molar-refractivity contribution in [3.8, 4) is 0 Å². The highest BCUT2D eigenvalue weighted by Gasteiger charge is 2.37. The van der Waals surface area contributed by atoms with E-state index in [0.29, 0.717) is 4.90 Å². The van der Waals surface area contributed by atoms with Crippen molar-refractivity contribution in [1.29, 1.82) is 0 Å². The second-order valence-corrected chi connectivity index (χ2v) is 7.19. The van der Waals surface area contributed by atoms with Gasteiger partial charge in [-0.05, 0) is 31.5 Å². The highest BCUT2D eigenvalue weighted by Crippen LogP contribution is 2.34. The van der Waals surface area contributed by atoms with Crippen molar-refractivity contribution in [2.45, 2.75) is 23.5 Å². The molecule has 0 aliphatic carbocycles. The summed E-state index contributed by atoms with van der Waals surface area (Å²) in [5.74, 6) is 0. The van der Waals surface area contributed by atoms with Crippen LogP contribution < -0.4 is 0 Å². The van der Waals surface area contributed by atoms with Crippen LogP contribution in [0.3, 0.4) is 0 Å². The van der Waals surface area contributed by atoms with Gasteiger partial charge in [-0.2, -0.15) is 0 Å². The molecule has 94 valence electrons. The summed E-state index contributed by atoms with van der Waals surface area (Å²) in [5, 5.41) is 0. The topological polar surface area (TPSA) is 34.1 Å². The molecule has 0 radical (unpaired) electrons. The van der Waals surface area contributed by atoms with Crippen LogP contribution in [0.25, 0.3) is 0 Å². The van der Waals surface area contributed by atoms with Crippen LogP contribution in [0.1, 0.15) is 19.4 Å². The van der Waals surface area contributed by atoms with Gasteiger partial charge in [0.05, 0.1) is 9.64 Å². The van der Waals surface area contributed by atoms with E-state index in [4.69, 9.17) is 0 Å². The molecule has 2 rings (SSSR count). The molecule has 0 spiro atoms. The SMILES string of the molecule is CC(C)(c1ccccc1)S(=O)(=O)c1ccccc1. The standard InChI is InChI=1S/C15H16O2S/c1-15(2,13-9-5-3-6-10-13)18(16,17)14-11-7-4-8-12-14/h3-12H,1-2H3. The normalized spacial score (nSPS) is 12.3. The van der Waals surface area contributed by atoms with Crippen LogP contribution in [0.2, 0.25) is 0 Å². The molecule has 0 fully saturated rings. The Kier molecular flexibility index (Phi) is 3.26. The monoisotopic (exact) mass is 260 g/mol. The zero-order valence-electron chi connectivity index (χ0n) is 10.5. The second-order valence-electron chi connectivity index (χ2n) is 4.69. The molecular formula is C15H16O2S. The Balaban J connectivity index is 2.55. The van der Waals surface area contributed by atoms with Crippen molar-refractivity contribution in [3.63, 3.8) is 0 Å². The molecule has 3 heteroatoms. The molecule has 0 aliphatic heterocycles. The van der Waals surface area contributed by atoms with Gasteiger partial charge in [-0.25, -0.2) is 8.42 Å². The minimum Gasteiger partial charge on any atom is -0.223 e. The molecule has 0 saturated heterocycles. The zero-order valence-corrected chi connectivity index (χ0v) is 11.3. The van der Waals surface area contributed by atoms with Gasteiger partial charge in [0.2, 0.25) is 0 Å². The van der Waals surface area contributed by atoms with Crippen LogP contribution in [0.15, 0.2) is 65.6 Å². The summed E-state index contributed by atoms with van der Waals surface area (Å²) in [5.41, 5.74) is 0.800. The van der Waals surface area contributed by atoms with E-state index in [-0.39, 0.29) is 0 Å². The molecular weight excluding hydrogens is 244 g/mol. The number of hydrogen-bond donors (Lipinski definition) is 0. The minimum absolute atomic E-state index is 0.360. The number of hydrogen-bond acceptors (Lipinski definition) is 2. The first kappa shape index (κ1) is 12.8. The first-order valence-electron chi connectivity index (χ1n) is 5.81. The van der Waals surface area contributed by atoms with Gasteiger partial charge in [-0.3, -0.25) is 0 Å². The van der Waals surface area contributed by atoms with Crippen LogP contribution in [-0.4, -0.2) is 8.42 Å². The lowest BCUT2D eigenvalue weighted by Crippen LogP contribution is -2.29. The average molecular weight is 260 g/mol. The Morgan fingerprint density at radius 1 is 0.778 bits per heavy atom. The molecule has 0 atom stereocenters. The van der Waals surface area contributed by atoms with Crippen LogP contribution in [0.5, 0.6) is 0 Å². The van der Waals surface area contributed by atoms with Crippen molar-refractivity contribution in [2.24, 2.45) is 0 Å². The predicted molar refractivity (Wildman–Crippen MR) is 73.1 cm³/mol. The van der Waals surface area contributed by atoms with Gasteiger partial charge < -0.3 is 0 Å². The molecule has 2 nitrogen and oxygen atoms in total. The van der Waals surface area contributed by atoms with Gasteiger partial charge in [0.15, 0.2) is 9.84 Å². The maximum absolute atomic E-state index is 12.7. The summed E-state index contributed by atoms with van der Waals surface area (Å²) in [6, 6.07) is 17.9. The molecule has 2 aromatic rings. The molecule has 0 heterocycles. The number of benzene rings is 2. The fourth-order valence-electron chi connectivity index (χ4n) is 1.89. The quantitative estimate of drug-likeness (QED) is 0.847. The van der Waals surface area contributed by atoms with Crippen molar-refractivity contribution in [1.82, 2.24) is 0 Å². The van der Waals surface area contributed by atoms with Crippen LogP contribution in [-0.2, 0) is 14.6 Å². The summed E-state index contributed by atoms with van der Waals surface area (Å²) >= 11 is 0. The predicted octanol–water partition coefficient (Wildman–Crippen LogP) is 3.40. The molecule has 18 heavy (non-hydrogen) atoms. The lowest BCUT2D eigenvalue weighted by Gasteiger charge is -2.25. The van der Waals surface area contributed by atoms with Crippen molar-refractivity contribution in [2.75, 3.05) is 0 Å². The van der Waals surface area contributed by atoms with E-state index in [9.17, 15) is 8.42 Å². The molecule has 0 amide bonds. The van der Waals surface area contributed by atoms with E-state index in [2.05, 4.69) is 0 Å². The van der Waals surface area contributed by atoms with Gasteiger partial charge in [-0.15, -0.1) is 0 Å². The highest BCUT2D eigenvalue weighted by molar-refractivity contribution is 7.92. The summed E-state index contributed by atoms with van der Waals surface area (Å²) < 4.78 is 24.4. The summed E-state index contributed by atoms with van der Waals surface area (Å²) in [6.07, 6.45) is 0. The number of sulfone groups is 1. The molecule has 0 unspecified atom stereocenters. The zero-order chi connectivity index (χ0) is 13.2. The lowest BCUT2D eigenvalue weighted by atomic mass is 10.0. The van der Waals surface area contributed by atoms with Gasteiger partial charge in [0.25, 0.3) is 0 Å². The second kappa shape index (κ2) is 4.58. The maximum atomic E-state index is 12.7. The summed E-state index contributed by atoms with van der Waals surface area (Å²) in [4.78, 5) is 0.360. The van der Waals surface area contributed by atoms with Gasteiger partial charge in [0.1, 0.15) is 0 Å². The molecule has 0 bridgehead atoms. The third kappa shape index (κ3) is 2.06. The van der Waals surface area contributed by atoms with E-state index >= 15 is 0 Å². The average Bonchev–Trinajstić information content (AvgIpc) is 2.40. The lowest BCUT2D eigenvalue weighted by molar-refractivity contribution is 0.555. The molecule has 2 aromatic carbocycles. The Morgan fingerprint density at radius 3 is 1.72 bits per heavy atom. The van der Waals surface area contributed by atoms with E-state index in [1.54, 1.807) is 38.1 Å². The smallest absolute Gasteiger partial charge is 0.187 e. The third-order valence-electron chi connectivity index (χ3n) is 3.19. The third-order valence-corrected chi connectivity index (χ3v) is 5.67. The van der Waals surface area contributed by atoms with Gasteiger partial charge in [0, 0.05) is 0 Å². The summed E-state index contributed by atoms with van der Waals surface area (Å²) in [6.45, 7) is 3.48. The van der Waals surface area contributed by atoms with E-state index in [1.165, 1.54) is 0 Å². The molecule has 0 aliphatic rings. The first-order valence-corrected chi connectivity index (χ1v) is 7.30. The Morgan fingerprint density at radius 2 is 1.22 bits per heavy atom. The maximum Gasteiger partial charge on any atom is 0.187 e. The molecule has 0 aromatic heterocycles. The molecule has 0 saturated carbocycles. The van der Waals surface area contributed by atoms with Gasteiger partial charge >= 0.3 is 0 Å².